The predicted molar refractivity (Wildman–Crippen MR) is 82.8 cm³/mol. The van der Waals surface area contributed by atoms with Gasteiger partial charge in [-0.15, -0.1) is 0 Å². The highest BCUT2D eigenvalue weighted by Crippen LogP contribution is 2.15. The smallest absolute Gasteiger partial charge is 0.0480 e. The van der Waals surface area contributed by atoms with Crippen LogP contribution in [0.2, 0.25) is 0 Å². The lowest BCUT2D eigenvalue weighted by Gasteiger charge is -2.16. The van der Waals surface area contributed by atoms with E-state index in [1.807, 2.05) is 7.05 Å². The first-order valence-corrected chi connectivity index (χ1v) is 7.51. The maximum Gasteiger partial charge on any atom is 0.0480 e. The highest BCUT2D eigenvalue weighted by atomic mass is 16.5. The molecule has 0 aromatic heterocycles. The van der Waals surface area contributed by atoms with Gasteiger partial charge in [0.2, 0.25) is 0 Å². The standard InChI is InChI=1S/C17H29NO/c1-5-11-19-12-10-17(18-4)13-15-6-8-16(9-7-15)14(2)3/h6-9,14,17-18H,5,10-13H2,1-4H3. The zero-order valence-electron chi connectivity index (χ0n) is 12.9. The highest BCUT2D eigenvalue weighted by molar-refractivity contribution is 5.25. The Morgan fingerprint density at radius 2 is 1.79 bits per heavy atom. The average molecular weight is 263 g/mol. The summed E-state index contributed by atoms with van der Waals surface area (Å²) in [5, 5.41) is 3.38. The first kappa shape index (κ1) is 16.2. The average Bonchev–Trinajstić information content (AvgIpc) is 2.42. The minimum atomic E-state index is 0.502. The van der Waals surface area contributed by atoms with E-state index >= 15 is 0 Å². The van der Waals surface area contributed by atoms with Crippen molar-refractivity contribution in [1.29, 1.82) is 0 Å². The summed E-state index contributed by atoms with van der Waals surface area (Å²) in [5.74, 6) is 0.608. The van der Waals surface area contributed by atoms with Crippen molar-refractivity contribution in [3.8, 4) is 0 Å². The van der Waals surface area contributed by atoms with E-state index in [0.717, 1.165) is 32.5 Å². The molecule has 108 valence electrons. The first-order valence-electron chi connectivity index (χ1n) is 7.51. The summed E-state index contributed by atoms with van der Waals surface area (Å²) >= 11 is 0. The van der Waals surface area contributed by atoms with Gasteiger partial charge in [-0.1, -0.05) is 45.0 Å². The molecule has 0 fully saturated rings. The molecule has 1 rings (SSSR count). The van der Waals surface area contributed by atoms with Gasteiger partial charge in [-0.3, -0.25) is 0 Å². The molecule has 0 aliphatic rings. The molecule has 0 amide bonds. The molecule has 0 aliphatic heterocycles. The molecular formula is C17H29NO. The van der Waals surface area contributed by atoms with Gasteiger partial charge < -0.3 is 10.1 Å². The molecular weight excluding hydrogens is 234 g/mol. The molecule has 2 nitrogen and oxygen atoms in total. The maximum absolute atomic E-state index is 5.56. The van der Waals surface area contributed by atoms with Crippen molar-refractivity contribution in [1.82, 2.24) is 5.32 Å². The topological polar surface area (TPSA) is 21.3 Å². The summed E-state index contributed by atoms with van der Waals surface area (Å²) in [6.45, 7) is 8.34. The van der Waals surface area contributed by atoms with Gasteiger partial charge in [-0.05, 0) is 43.4 Å². The fraction of sp³-hybridized carbons (Fsp3) is 0.647. The van der Waals surface area contributed by atoms with E-state index in [-0.39, 0.29) is 0 Å². The van der Waals surface area contributed by atoms with Crippen molar-refractivity contribution in [2.45, 2.75) is 52.0 Å². The van der Waals surface area contributed by atoms with Crippen molar-refractivity contribution in [3.63, 3.8) is 0 Å². The second-order valence-electron chi connectivity index (χ2n) is 5.49. The normalized spacial score (nSPS) is 12.9. The van der Waals surface area contributed by atoms with Crippen molar-refractivity contribution >= 4 is 0 Å². The summed E-state index contributed by atoms with van der Waals surface area (Å²) in [6.07, 6.45) is 3.24. The second kappa shape index (κ2) is 9.11. The molecule has 1 aromatic rings. The summed E-state index contributed by atoms with van der Waals surface area (Å²) in [5.41, 5.74) is 2.82. The van der Waals surface area contributed by atoms with Crippen LogP contribution in [-0.2, 0) is 11.2 Å². The predicted octanol–water partition coefficient (Wildman–Crippen LogP) is 3.76. The highest BCUT2D eigenvalue weighted by Gasteiger charge is 2.07. The molecule has 0 aliphatic carbocycles. The Bertz CT molecular complexity index is 332. The van der Waals surface area contributed by atoms with Crippen LogP contribution < -0.4 is 5.32 Å². The van der Waals surface area contributed by atoms with Gasteiger partial charge in [-0.25, -0.2) is 0 Å². The summed E-state index contributed by atoms with van der Waals surface area (Å²) in [4.78, 5) is 0. The van der Waals surface area contributed by atoms with E-state index in [1.54, 1.807) is 0 Å². The molecule has 0 saturated heterocycles. The molecule has 1 atom stereocenters. The van der Waals surface area contributed by atoms with Gasteiger partial charge in [0.1, 0.15) is 0 Å². The quantitative estimate of drug-likeness (QED) is 0.685. The number of nitrogens with one attached hydrogen (secondary N) is 1. The van der Waals surface area contributed by atoms with Gasteiger partial charge in [-0.2, -0.15) is 0 Å². The van der Waals surface area contributed by atoms with E-state index in [4.69, 9.17) is 4.74 Å². The number of hydrogen-bond acceptors (Lipinski definition) is 2. The van der Waals surface area contributed by atoms with Crippen molar-refractivity contribution in [2.24, 2.45) is 0 Å². The Hall–Kier alpha value is -0.860. The third-order valence-electron chi connectivity index (χ3n) is 3.50. The SMILES string of the molecule is CCCOCCC(Cc1ccc(C(C)C)cc1)NC. The van der Waals surface area contributed by atoms with Crippen LogP contribution in [-0.4, -0.2) is 26.3 Å². The minimum Gasteiger partial charge on any atom is -0.381 e. The van der Waals surface area contributed by atoms with Gasteiger partial charge in [0.25, 0.3) is 0 Å². The van der Waals surface area contributed by atoms with E-state index in [2.05, 4.69) is 50.4 Å². The largest absolute Gasteiger partial charge is 0.381 e. The maximum atomic E-state index is 5.56. The number of ether oxygens (including phenoxy) is 1. The third kappa shape index (κ3) is 6.22. The molecule has 0 radical (unpaired) electrons. The molecule has 1 unspecified atom stereocenters. The van der Waals surface area contributed by atoms with Gasteiger partial charge in [0.05, 0.1) is 0 Å². The van der Waals surface area contributed by atoms with E-state index < -0.39 is 0 Å². The third-order valence-corrected chi connectivity index (χ3v) is 3.50. The molecule has 0 bridgehead atoms. The Labute approximate surface area is 118 Å². The van der Waals surface area contributed by atoms with E-state index in [0.29, 0.717) is 12.0 Å². The Balaban J connectivity index is 2.41. The lowest BCUT2D eigenvalue weighted by atomic mass is 9.98. The number of rotatable bonds is 9. The second-order valence-corrected chi connectivity index (χ2v) is 5.49. The van der Waals surface area contributed by atoms with Crippen LogP contribution in [0.15, 0.2) is 24.3 Å². The number of benzene rings is 1. The molecule has 1 aromatic carbocycles. The molecule has 1 N–H and O–H groups in total. The van der Waals surface area contributed by atoms with Gasteiger partial charge in [0.15, 0.2) is 0 Å². The Morgan fingerprint density at radius 1 is 1.11 bits per heavy atom. The van der Waals surface area contributed by atoms with E-state index in [1.165, 1.54) is 11.1 Å². The zero-order valence-corrected chi connectivity index (χ0v) is 12.9. The van der Waals surface area contributed by atoms with E-state index in [9.17, 15) is 0 Å². The number of likely N-dealkylation sites (N-methyl/N-ethyl adjacent to an activating group) is 1. The minimum absolute atomic E-state index is 0.502. The Morgan fingerprint density at radius 3 is 2.32 bits per heavy atom. The fourth-order valence-electron chi connectivity index (χ4n) is 2.14. The van der Waals surface area contributed by atoms with Crippen LogP contribution in [0.1, 0.15) is 50.7 Å². The monoisotopic (exact) mass is 263 g/mol. The molecule has 19 heavy (non-hydrogen) atoms. The lowest BCUT2D eigenvalue weighted by Crippen LogP contribution is -2.29. The van der Waals surface area contributed by atoms with Crippen LogP contribution in [0, 0.1) is 0 Å². The van der Waals surface area contributed by atoms with Crippen LogP contribution in [0.3, 0.4) is 0 Å². The van der Waals surface area contributed by atoms with Gasteiger partial charge >= 0.3 is 0 Å². The zero-order chi connectivity index (χ0) is 14.1. The summed E-state index contributed by atoms with van der Waals surface area (Å²) in [7, 11) is 2.03. The molecule has 0 saturated carbocycles. The summed E-state index contributed by atoms with van der Waals surface area (Å²) in [6, 6.07) is 9.52. The van der Waals surface area contributed by atoms with Crippen LogP contribution in [0.5, 0.6) is 0 Å². The molecule has 2 heteroatoms. The molecule has 0 spiro atoms. The van der Waals surface area contributed by atoms with Crippen molar-refractivity contribution in [3.05, 3.63) is 35.4 Å². The van der Waals surface area contributed by atoms with Gasteiger partial charge in [0, 0.05) is 19.3 Å². The fourth-order valence-corrected chi connectivity index (χ4v) is 2.14. The van der Waals surface area contributed by atoms with Crippen LogP contribution in [0.4, 0.5) is 0 Å². The van der Waals surface area contributed by atoms with Crippen LogP contribution in [0.25, 0.3) is 0 Å². The first-order chi connectivity index (χ1) is 9.17. The Kier molecular flexibility index (Phi) is 7.76. The number of hydrogen-bond donors (Lipinski definition) is 1. The lowest BCUT2D eigenvalue weighted by molar-refractivity contribution is 0.125. The van der Waals surface area contributed by atoms with Crippen molar-refractivity contribution in [2.75, 3.05) is 20.3 Å². The molecule has 0 heterocycles. The summed E-state index contributed by atoms with van der Waals surface area (Å²) < 4.78 is 5.56. The van der Waals surface area contributed by atoms with Crippen molar-refractivity contribution < 1.29 is 4.74 Å². The van der Waals surface area contributed by atoms with Crippen LogP contribution >= 0.6 is 0 Å².